The zero-order chi connectivity index (χ0) is 12.1. The maximum Gasteiger partial charge on any atom is 0.0187 e. The van der Waals surface area contributed by atoms with Crippen molar-refractivity contribution in [2.75, 3.05) is 5.75 Å². The highest BCUT2D eigenvalue weighted by atomic mass is 32.2. The summed E-state index contributed by atoms with van der Waals surface area (Å²) in [4.78, 5) is 0. The molecular weight excluding hydrogens is 226 g/mol. The van der Waals surface area contributed by atoms with Crippen LogP contribution >= 0.6 is 11.8 Å². The Kier molecular flexibility index (Phi) is 4.93. The maximum atomic E-state index is 6.26. The Morgan fingerprint density at radius 1 is 1.29 bits per heavy atom. The minimum atomic E-state index is 0.409. The lowest BCUT2D eigenvalue weighted by Gasteiger charge is -2.18. The number of nitrogens with two attached hydrogens (primary N) is 1. The molecule has 0 aromatic heterocycles. The van der Waals surface area contributed by atoms with E-state index in [4.69, 9.17) is 5.73 Å². The van der Waals surface area contributed by atoms with Crippen LogP contribution in [0.5, 0.6) is 0 Å². The summed E-state index contributed by atoms with van der Waals surface area (Å²) in [5.41, 5.74) is 9.11. The monoisotopic (exact) mass is 249 g/mol. The first-order valence-corrected chi connectivity index (χ1v) is 7.80. The zero-order valence-corrected chi connectivity index (χ0v) is 11.5. The van der Waals surface area contributed by atoms with Crippen LogP contribution in [0.25, 0.3) is 0 Å². The molecule has 0 aliphatic heterocycles. The van der Waals surface area contributed by atoms with Gasteiger partial charge in [0.05, 0.1) is 0 Å². The van der Waals surface area contributed by atoms with Crippen LogP contribution in [0.3, 0.4) is 0 Å². The Hall–Kier alpha value is -0.470. The quantitative estimate of drug-likeness (QED) is 0.860. The average Bonchev–Trinajstić information content (AvgIpc) is 2.85. The number of hydrogen-bond donors (Lipinski definition) is 1. The Labute approximate surface area is 109 Å². The first-order chi connectivity index (χ1) is 8.27. The van der Waals surface area contributed by atoms with Crippen LogP contribution in [0, 0.1) is 12.8 Å². The summed E-state index contributed by atoms with van der Waals surface area (Å²) in [5, 5.41) is 0. The summed E-state index contributed by atoms with van der Waals surface area (Å²) in [6, 6.07) is 9.05. The van der Waals surface area contributed by atoms with Crippen LogP contribution in [0.4, 0.5) is 0 Å². The van der Waals surface area contributed by atoms with E-state index in [1.165, 1.54) is 36.8 Å². The van der Waals surface area contributed by atoms with Crippen LogP contribution in [-0.4, -0.2) is 11.8 Å². The van der Waals surface area contributed by atoms with Gasteiger partial charge in [-0.15, -0.1) is 0 Å². The number of thioether (sulfide) groups is 1. The fourth-order valence-electron chi connectivity index (χ4n) is 2.60. The van der Waals surface area contributed by atoms with Crippen molar-refractivity contribution >= 4 is 11.8 Å². The number of benzene rings is 1. The summed E-state index contributed by atoms with van der Waals surface area (Å²) in [5.74, 6) is 3.01. The van der Waals surface area contributed by atoms with E-state index in [2.05, 4.69) is 31.2 Å². The topological polar surface area (TPSA) is 26.0 Å². The predicted octanol–water partition coefficient (Wildman–Crippen LogP) is 3.75. The third kappa shape index (κ3) is 3.75. The Morgan fingerprint density at radius 3 is 2.71 bits per heavy atom. The number of aryl methyl sites for hydroxylation is 1. The summed E-state index contributed by atoms with van der Waals surface area (Å²) < 4.78 is 0. The van der Waals surface area contributed by atoms with Crippen LogP contribution in [0.1, 0.15) is 36.8 Å². The zero-order valence-electron chi connectivity index (χ0n) is 10.7. The Balaban J connectivity index is 1.74. The largest absolute Gasteiger partial charge is 0.327 e. The van der Waals surface area contributed by atoms with Gasteiger partial charge < -0.3 is 5.73 Å². The minimum Gasteiger partial charge on any atom is -0.327 e. The average molecular weight is 249 g/mol. The van der Waals surface area contributed by atoms with Crippen molar-refractivity contribution in [2.45, 2.75) is 44.4 Å². The fourth-order valence-corrected chi connectivity index (χ4v) is 3.80. The smallest absolute Gasteiger partial charge is 0.0187 e. The van der Waals surface area contributed by atoms with Gasteiger partial charge in [0, 0.05) is 17.5 Å². The van der Waals surface area contributed by atoms with Gasteiger partial charge in [-0.2, -0.15) is 11.8 Å². The highest BCUT2D eigenvalue weighted by Crippen LogP contribution is 2.28. The van der Waals surface area contributed by atoms with Crippen molar-refractivity contribution in [3.63, 3.8) is 0 Å². The van der Waals surface area contributed by atoms with Crippen molar-refractivity contribution in [2.24, 2.45) is 11.7 Å². The summed E-state index contributed by atoms with van der Waals surface area (Å²) in [7, 11) is 0. The molecule has 1 aliphatic carbocycles. The third-order valence-corrected chi connectivity index (χ3v) is 4.97. The molecule has 94 valence electrons. The van der Waals surface area contributed by atoms with Crippen molar-refractivity contribution in [3.05, 3.63) is 35.4 Å². The van der Waals surface area contributed by atoms with E-state index in [0.717, 1.165) is 17.4 Å². The molecule has 0 heterocycles. The van der Waals surface area contributed by atoms with E-state index in [-0.39, 0.29) is 0 Å². The second-order valence-corrected chi connectivity index (χ2v) is 6.18. The highest BCUT2D eigenvalue weighted by molar-refractivity contribution is 7.98. The molecule has 2 rings (SSSR count). The molecule has 2 heteroatoms. The van der Waals surface area contributed by atoms with E-state index in [1.54, 1.807) is 0 Å². The van der Waals surface area contributed by atoms with Gasteiger partial charge in [-0.05, 0) is 36.8 Å². The van der Waals surface area contributed by atoms with Gasteiger partial charge in [-0.25, -0.2) is 0 Å². The first-order valence-electron chi connectivity index (χ1n) is 6.65. The summed E-state index contributed by atoms with van der Waals surface area (Å²) >= 11 is 1.99. The summed E-state index contributed by atoms with van der Waals surface area (Å²) in [6.45, 7) is 2.19. The molecule has 1 atom stereocenters. The number of rotatable bonds is 5. The predicted molar refractivity (Wildman–Crippen MR) is 77.3 cm³/mol. The van der Waals surface area contributed by atoms with Crippen molar-refractivity contribution < 1.29 is 0 Å². The van der Waals surface area contributed by atoms with Crippen LogP contribution in [0.2, 0.25) is 0 Å². The first kappa shape index (κ1) is 13.0. The molecule has 1 unspecified atom stereocenters. The van der Waals surface area contributed by atoms with E-state index in [9.17, 15) is 0 Å². The Bertz CT molecular complexity index is 345. The third-order valence-electron chi connectivity index (χ3n) is 3.83. The molecule has 1 aliphatic rings. The SMILES string of the molecule is Cc1ccccc1CSCC(N)C1CCCC1. The molecule has 0 amide bonds. The molecule has 1 saturated carbocycles. The van der Waals surface area contributed by atoms with Gasteiger partial charge in [0.25, 0.3) is 0 Å². The lowest BCUT2D eigenvalue weighted by atomic mass is 10.0. The highest BCUT2D eigenvalue weighted by Gasteiger charge is 2.21. The van der Waals surface area contributed by atoms with Gasteiger partial charge in [-0.3, -0.25) is 0 Å². The van der Waals surface area contributed by atoms with E-state index >= 15 is 0 Å². The molecule has 1 aromatic carbocycles. The molecule has 17 heavy (non-hydrogen) atoms. The molecular formula is C15H23NS. The molecule has 0 radical (unpaired) electrons. The van der Waals surface area contributed by atoms with E-state index < -0.39 is 0 Å². The molecule has 0 bridgehead atoms. The molecule has 2 N–H and O–H groups in total. The van der Waals surface area contributed by atoms with Crippen LogP contribution < -0.4 is 5.73 Å². The van der Waals surface area contributed by atoms with Gasteiger partial charge in [0.15, 0.2) is 0 Å². The molecule has 1 nitrogen and oxygen atoms in total. The normalized spacial score (nSPS) is 18.5. The lowest BCUT2D eigenvalue weighted by Crippen LogP contribution is -2.30. The molecule has 0 saturated heterocycles. The second-order valence-electron chi connectivity index (χ2n) is 5.15. The van der Waals surface area contributed by atoms with Crippen molar-refractivity contribution in [1.29, 1.82) is 0 Å². The van der Waals surface area contributed by atoms with Crippen LogP contribution in [-0.2, 0) is 5.75 Å². The lowest BCUT2D eigenvalue weighted by molar-refractivity contribution is 0.463. The van der Waals surface area contributed by atoms with Crippen molar-refractivity contribution in [3.8, 4) is 0 Å². The number of hydrogen-bond acceptors (Lipinski definition) is 2. The van der Waals surface area contributed by atoms with E-state index in [1.807, 2.05) is 11.8 Å². The second kappa shape index (κ2) is 6.46. The standard InChI is InChI=1S/C15H23NS/c1-12-6-2-3-9-14(12)10-17-11-15(16)13-7-4-5-8-13/h2-3,6,9,13,15H,4-5,7-8,10-11,16H2,1H3. The maximum absolute atomic E-state index is 6.26. The van der Waals surface area contributed by atoms with Crippen molar-refractivity contribution in [1.82, 2.24) is 0 Å². The minimum absolute atomic E-state index is 0.409. The summed E-state index contributed by atoms with van der Waals surface area (Å²) in [6.07, 6.45) is 5.49. The molecule has 1 fully saturated rings. The Morgan fingerprint density at radius 2 is 2.00 bits per heavy atom. The van der Waals surface area contributed by atoms with Gasteiger partial charge in [-0.1, -0.05) is 37.1 Å². The van der Waals surface area contributed by atoms with Crippen LogP contribution in [0.15, 0.2) is 24.3 Å². The van der Waals surface area contributed by atoms with Gasteiger partial charge in [0.2, 0.25) is 0 Å². The molecule has 1 aromatic rings. The van der Waals surface area contributed by atoms with E-state index in [0.29, 0.717) is 6.04 Å². The fraction of sp³-hybridized carbons (Fsp3) is 0.600. The van der Waals surface area contributed by atoms with Gasteiger partial charge in [0.1, 0.15) is 0 Å². The van der Waals surface area contributed by atoms with Gasteiger partial charge >= 0.3 is 0 Å². The molecule has 0 spiro atoms.